The molecule has 3 amide bonds. The zero-order valence-corrected chi connectivity index (χ0v) is 14.6. The van der Waals surface area contributed by atoms with Crippen molar-refractivity contribution < 1.29 is 27.6 Å². The van der Waals surface area contributed by atoms with Crippen molar-refractivity contribution in [3.05, 3.63) is 65.2 Å². The molecule has 2 aliphatic rings. The van der Waals surface area contributed by atoms with Crippen molar-refractivity contribution in [2.75, 3.05) is 13.1 Å². The Morgan fingerprint density at radius 1 is 0.852 bits per heavy atom. The standard InChI is InChI=1S/C18H12N2O6S/c21-14-9-20(27(25,26)15-8-4-3-7-13(14)15)16(22)10-19-17(23)11-5-1-2-6-12(11)18(19)24/h1-8H,9-10H2. The summed E-state index contributed by atoms with van der Waals surface area (Å²) in [6.45, 7) is -1.43. The van der Waals surface area contributed by atoms with Gasteiger partial charge < -0.3 is 0 Å². The number of carbonyl (C=O) groups is 4. The highest BCUT2D eigenvalue weighted by Crippen LogP contribution is 2.27. The van der Waals surface area contributed by atoms with Gasteiger partial charge in [-0.15, -0.1) is 0 Å². The van der Waals surface area contributed by atoms with E-state index in [9.17, 15) is 27.6 Å². The van der Waals surface area contributed by atoms with Gasteiger partial charge in [0.05, 0.1) is 16.0 Å². The quantitative estimate of drug-likeness (QED) is 0.705. The number of benzene rings is 2. The molecule has 0 fully saturated rings. The molecule has 2 aromatic carbocycles. The van der Waals surface area contributed by atoms with Gasteiger partial charge >= 0.3 is 0 Å². The van der Waals surface area contributed by atoms with E-state index >= 15 is 0 Å². The van der Waals surface area contributed by atoms with E-state index in [1.807, 2.05) is 0 Å². The molecule has 136 valence electrons. The van der Waals surface area contributed by atoms with Gasteiger partial charge in [-0.2, -0.15) is 0 Å². The van der Waals surface area contributed by atoms with E-state index in [-0.39, 0.29) is 21.6 Å². The maximum Gasteiger partial charge on any atom is 0.267 e. The first kappa shape index (κ1) is 17.1. The van der Waals surface area contributed by atoms with Crippen molar-refractivity contribution in [3.63, 3.8) is 0 Å². The number of carbonyl (C=O) groups excluding carboxylic acids is 4. The van der Waals surface area contributed by atoms with Crippen LogP contribution >= 0.6 is 0 Å². The molecule has 4 rings (SSSR count). The average Bonchev–Trinajstić information content (AvgIpc) is 2.90. The fraction of sp³-hybridized carbons (Fsp3) is 0.111. The van der Waals surface area contributed by atoms with E-state index < -0.39 is 46.6 Å². The van der Waals surface area contributed by atoms with Gasteiger partial charge in [0.1, 0.15) is 13.1 Å². The van der Waals surface area contributed by atoms with E-state index in [2.05, 4.69) is 0 Å². The second-order valence-electron chi connectivity index (χ2n) is 6.07. The van der Waals surface area contributed by atoms with E-state index in [0.717, 1.165) is 0 Å². The topological polar surface area (TPSA) is 109 Å². The number of hydrogen-bond donors (Lipinski definition) is 0. The highest BCUT2D eigenvalue weighted by atomic mass is 32.2. The summed E-state index contributed by atoms with van der Waals surface area (Å²) in [6, 6.07) is 11.7. The lowest BCUT2D eigenvalue weighted by molar-refractivity contribution is -0.126. The Labute approximate surface area is 154 Å². The lowest BCUT2D eigenvalue weighted by atomic mass is 10.1. The summed E-state index contributed by atoms with van der Waals surface area (Å²) >= 11 is 0. The molecule has 0 aromatic heterocycles. The van der Waals surface area contributed by atoms with Crippen LogP contribution in [0.15, 0.2) is 53.4 Å². The van der Waals surface area contributed by atoms with E-state index in [4.69, 9.17) is 0 Å². The highest BCUT2D eigenvalue weighted by Gasteiger charge is 2.42. The molecule has 9 heteroatoms. The maximum atomic E-state index is 12.7. The van der Waals surface area contributed by atoms with Crippen LogP contribution in [0.3, 0.4) is 0 Å². The first-order valence-electron chi connectivity index (χ1n) is 7.95. The number of amides is 3. The summed E-state index contributed by atoms with van der Waals surface area (Å²) in [6.07, 6.45) is 0. The van der Waals surface area contributed by atoms with Crippen LogP contribution in [0.4, 0.5) is 0 Å². The number of fused-ring (bicyclic) bond motifs is 2. The second kappa shape index (κ2) is 5.85. The van der Waals surface area contributed by atoms with Crippen LogP contribution in [0.25, 0.3) is 0 Å². The summed E-state index contributed by atoms with van der Waals surface area (Å²) in [5.74, 6) is -2.90. The van der Waals surface area contributed by atoms with Crippen molar-refractivity contribution in [2.24, 2.45) is 0 Å². The number of Topliss-reactive ketones (excluding diaryl/α,β-unsaturated/α-hetero) is 1. The summed E-state index contributed by atoms with van der Waals surface area (Å²) < 4.78 is 25.8. The molecule has 8 nitrogen and oxygen atoms in total. The van der Waals surface area contributed by atoms with Gasteiger partial charge in [-0.1, -0.05) is 24.3 Å². The minimum atomic E-state index is -4.25. The minimum Gasteiger partial charge on any atom is -0.292 e. The molecule has 27 heavy (non-hydrogen) atoms. The van der Waals surface area contributed by atoms with Crippen molar-refractivity contribution in [3.8, 4) is 0 Å². The molecule has 0 radical (unpaired) electrons. The van der Waals surface area contributed by atoms with Crippen LogP contribution < -0.4 is 0 Å². The lowest BCUT2D eigenvalue weighted by Crippen LogP contribution is -2.49. The van der Waals surface area contributed by atoms with Gasteiger partial charge in [-0.3, -0.25) is 24.1 Å². The Kier molecular flexibility index (Phi) is 3.70. The predicted octanol–water partition coefficient (Wildman–Crippen LogP) is 0.696. The Morgan fingerprint density at radius 2 is 1.37 bits per heavy atom. The Morgan fingerprint density at radius 3 is 1.96 bits per heavy atom. The first-order chi connectivity index (χ1) is 12.8. The number of ketones is 1. The van der Waals surface area contributed by atoms with Gasteiger partial charge in [0.25, 0.3) is 27.7 Å². The highest BCUT2D eigenvalue weighted by molar-refractivity contribution is 7.90. The molecule has 0 aliphatic carbocycles. The largest absolute Gasteiger partial charge is 0.292 e. The van der Waals surface area contributed by atoms with Crippen LogP contribution in [0, 0.1) is 0 Å². The molecule has 0 saturated carbocycles. The smallest absolute Gasteiger partial charge is 0.267 e. The van der Waals surface area contributed by atoms with Crippen molar-refractivity contribution in [1.29, 1.82) is 0 Å². The van der Waals surface area contributed by atoms with Gasteiger partial charge in [0.2, 0.25) is 0 Å². The SMILES string of the molecule is O=C1CN(C(=O)CN2C(=O)c3ccccc3C2=O)S(=O)(=O)c2ccccc21. The number of imide groups is 1. The Bertz CT molecular complexity index is 1100. The molecule has 0 saturated heterocycles. The van der Waals surface area contributed by atoms with Crippen molar-refractivity contribution in [1.82, 2.24) is 9.21 Å². The molecule has 0 N–H and O–H groups in total. The van der Waals surface area contributed by atoms with Crippen LogP contribution in [0.2, 0.25) is 0 Å². The minimum absolute atomic E-state index is 0.0160. The summed E-state index contributed by atoms with van der Waals surface area (Å²) in [7, 11) is -4.25. The molecule has 0 spiro atoms. The molecule has 2 heterocycles. The molecule has 0 unspecified atom stereocenters. The molecule has 2 aromatic rings. The third-order valence-corrected chi connectivity index (χ3v) is 6.32. The molecule has 2 aliphatic heterocycles. The number of sulfonamides is 1. The second-order valence-corrected chi connectivity index (χ2v) is 7.90. The zero-order valence-electron chi connectivity index (χ0n) is 13.8. The van der Waals surface area contributed by atoms with Crippen LogP contribution in [0.5, 0.6) is 0 Å². The van der Waals surface area contributed by atoms with E-state index in [0.29, 0.717) is 9.21 Å². The number of rotatable bonds is 2. The number of hydrogen-bond acceptors (Lipinski definition) is 6. The third-order valence-electron chi connectivity index (χ3n) is 4.49. The number of nitrogens with zero attached hydrogens (tertiary/aromatic N) is 2. The lowest BCUT2D eigenvalue weighted by Gasteiger charge is -2.28. The van der Waals surface area contributed by atoms with Crippen LogP contribution in [0.1, 0.15) is 31.1 Å². The summed E-state index contributed by atoms with van der Waals surface area (Å²) in [4.78, 5) is 50.0. The van der Waals surface area contributed by atoms with Gasteiger partial charge in [0, 0.05) is 5.56 Å². The van der Waals surface area contributed by atoms with Gasteiger partial charge in [-0.05, 0) is 24.3 Å². The molecule has 0 atom stereocenters. The molecule has 0 bridgehead atoms. The third kappa shape index (κ3) is 2.47. The molecular weight excluding hydrogens is 372 g/mol. The van der Waals surface area contributed by atoms with Crippen LogP contribution in [-0.4, -0.2) is 54.2 Å². The van der Waals surface area contributed by atoms with E-state index in [1.54, 1.807) is 12.1 Å². The van der Waals surface area contributed by atoms with Gasteiger partial charge in [0.15, 0.2) is 5.78 Å². The normalized spacial score (nSPS) is 17.7. The summed E-state index contributed by atoms with van der Waals surface area (Å²) in [5, 5.41) is 0. The average molecular weight is 384 g/mol. The van der Waals surface area contributed by atoms with Crippen LogP contribution in [-0.2, 0) is 14.8 Å². The maximum absolute atomic E-state index is 12.7. The molecular formula is C18H12N2O6S. The fourth-order valence-corrected chi connectivity index (χ4v) is 4.72. The zero-order chi connectivity index (χ0) is 19.3. The Balaban J connectivity index is 1.65. The van der Waals surface area contributed by atoms with Gasteiger partial charge in [-0.25, -0.2) is 12.7 Å². The van der Waals surface area contributed by atoms with E-state index in [1.165, 1.54) is 36.4 Å². The predicted molar refractivity (Wildman–Crippen MR) is 91.5 cm³/mol. The first-order valence-corrected chi connectivity index (χ1v) is 9.39. The Hall–Kier alpha value is -3.33. The van der Waals surface area contributed by atoms with Crippen molar-refractivity contribution >= 4 is 33.5 Å². The fourth-order valence-electron chi connectivity index (χ4n) is 3.16. The summed E-state index contributed by atoms with van der Waals surface area (Å²) in [5.41, 5.74) is 0.318. The van der Waals surface area contributed by atoms with Crippen molar-refractivity contribution in [2.45, 2.75) is 4.90 Å². The monoisotopic (exact) mass is 384 g/mol.